The van der Waals surface area contributed by atoms with E-state index in [-0.39, 0.29) is 6.61 Å². The van der Waals surface area contributed by atoms with Gasteiger partial charge in [0.05, 0.1) is 6.61 Å². The smallest absolute Gasteiger partial charge is 0.321 e. The van der Waals surface area contributed by atoms with Crippen LogP contribution in [-0.2, 0) is 19.1 Å². The van der Waals surface area contributed by atoms with Gasteiger partial charge in [0.25, 0.3) is 5.91 Å². The van der Waals surface area contributed by atoms with Crippen molar-refractivity contribution in [3.63, 3.8) is 0 Å². The molecule has 2 rings (SSSR count). The molecule has 1 atom stereocenters. The van der Waals surface area contributed by atoms with Crippen molar-refractivity contribution in [2.24, 2.45) is 0 Å². The van der Waals surface area contributed by atoms with Crippen molar-refractivity contribution < 1.29 is 19.1 Å². The average Bonchev–Trinajstić information content (AvgIpc) is 2.31. The lowest BCUT2D eigenvalue weighted by Crippen LogP contribution is -2.38. The zero-order chi connectivity index (χ0) is 12.4. The van der Waals surface area contributed by atoms with Gasteiger partial charge in [0.1, 0.15) is 0 Å². The molecule has 0 spiro atoms. The Balaban J connectivity index is 2.45. The summed E-state index contributed by atoms with van der Waals surface area (Å²) in [6.07, 6.45) is 0. The topological polar surface area (TPSA) is 72.5 Å². The lowest BCUT2D eigenvalue weighted by Gasteiger charge is -2.22. The Hall–Kier alpha value is -2.17. The zero-order valence-corrected chi connectivity index (χ0v) is 9.23. The van der Waals surface area contributed by atoms with Crippen molar-refractivity contribution in [3.05, 3.63) is 29.8 Å². The fourth-order valence-corrected chi connectivity index (χ4v) is 1.78. The molecule has 0 unspecified atom stereocenters. The van der Waals surface area contributed by atoms with Crippen LogP contribution in [0.25, 0.3) is 0 Å². The number of anilines is 1. The summed E-state index contributed by atoms with van der Waals surface area (Å²) in [5, 5.41) is 2.44. The molecular formula is C12H11NO4. The van der Waals surface area contributed by atoms with E-state index in [0.717, 1.165) is 0 Å². The third-order valence-electron chi connectivity index (χ3n) is 2.53. The van der Waals surface area contributed by atoms with Gasteiger partial charge in [-0.2, -0.15) is 0 Å². The Bertz CT molecular complexity index is 495. The highest BCUT2D eigenvalue weighted by molar-refractivity contribution is 6.47. The molecule has 1 aromatic carbocycles. The molecule has 5 nitrogen and oxygen atoms in total. The standard InChI is InChI=1S/C12H11NO4/c1-2-17-12(16)9-7-5-3-4-6-8(7)13-11(15)10(9)14/h3-6,9H,2H2,1H3,(H,13,15)/t9-/m0/s1. The molecule has 1 aliphatic heterocycles. The minimum absolute atomic E-state index is 0.173. The summed E-state index contributed by atoms with van der Waals surface area (Å²) in [6.45, 7) is 1.82. The second-order valence-corrected chi connectivity index (χ2v) is 3.59. The van der Waals surface area contributed by atoms with E-state index in [9.17, 15) is 14.4 Å². The van der Waals surface area contributed by atoms with Crippen molar-refractivity contribution in [1.29, 1.82) is 0 Å². The minimum Gasteiger partial charge on any atom is -0.465 e. The number of fused-ring (bicyclic) bond motifs is 1. The summed E-state index contributed by atoms with van der Waals surface area (Å²) in [5.74, 6) is -3.37. The summed E-state index contributed by atoms with van der Waals surface area (Å²) in [4.78, 5) is 34.8. The second-order valence-electron chi connectivity index (χ2n) is 3.59. The summed E-state index contributed by atoms with van der Waals surface area (Å²) in [7, 11) is 0. The van der Waals surface area contributed by atoms with E-state index in [0.29, 0.717) is 11.3 Å². The molecule has 5 heteroatoms. The zero-order valence-electron chi connectivity index (χ0n) is 9.23. The van der Waals surface area contributed by atoms with Crippen LogP contribution in [0.1, 0.15) is 18.4 Å². The molecule has 0 aliphatic carbocycles. The number of benzene rings is 1. The van der Waals surface area contributed by atoms with Crippen molar-refractivity contribution >= 4 is 23.3 Å². The summed E-state index contributed by atoms with van der Waals surface area (Å²) >= 11 is 0. The van der Waals surface area contributed by atoms with Crippen molar-refractivity contribution in [1.82, 2.24) is 0 Å². The fraction of sp³-hybridized carbons (Fsp3) is 0.250. The maximum absolute atomic E-state index is 11.7. The number of carbonyl (C=O) groups is 3. The van der Waals surface area contributed by atoms with Crippen LogP contribution in [0.2, 0.25) is 0 Å². The molecular weight excluding hydrogens is 222 g/mol. The van der Waals surface area contributed by atoms with Crippen LogP contribution >= 0.6 is 0 Å². The van der Waals surface area contributed by atoms with Crippen LogP contribution < -0.4 is 5.32 Å². The van der Waals surface area contributed by atoms with E-state index >= 15 is 0 Å². The van der Waals surface area contributed by atoms with Gasteiger partial charge in [0.15, 0.2) is 5.92 Å². The number of nitrogens with one attached hydrogen (secondary N) is 1. The van der Waals surface area contributed by atoms with Crippen LogP contribution in [0.3, 0.4) is 0 Å². The molecule has 0 bridgehead atoms. The molecule has 0 radical (unpaired) electrons. The number of Topliss-reactive ketones (excluding diaryl/α,β-unsaturated/α-hetero) is 1. The van der Waals surface area contributed by atoms with Gasteiger partial charge in [0, 0.05) is 5.69 Å². The van der Waals surface area contributed by atoms with Crippen molar-refractivity contribution in [3.8, 4) is 0 Å². The van der Waals surface area contributed by atoms with Crippen LogP contribution in [0.4, 0.5) is 5.69 Å². The first-order valence-corrected chi connectivity index (χ1v) is 5.26. The van der Waals surface area contributed by atoms with E-state index < -0.39 is 23.6 Å². The van der Waals surface area contributed by atoms with Gasteiger partial charge in [-0.15, -0.1) is 0 Å². The molecule has 0 saturated carbocycles. The highest BCUT2D eigenvalue weighted by Crippen LogP contribution is 2.30. The monoisotopic (exact) mass is 233 g/mol. The second kappa shape index (κ2) is 4.37. The molecule has 0 fully saturated rings. The number of ketones is 1. The number of hydrogen-bond donors (Lipinski definition) is 1. The Labute approximate surface area is 97.8 Å². The molecule has 88 valence electrons. The number of carbonyl (C=O) groups excluding carboxylic acids is 3. The predicted octanol–water partition coefficient (Wildman–Crippen LogP) is 0.854. The van der Waals surface area contributed by atoms with Crippen molar-refractivity contribution in [2.75, 3.05) is 11.9 Å². The van der Waals surface area contributed by atoms with E-state index in [1.54, 1.807) is 31.2 Å². The molecule has 0 aromatic heterocycles. The first kappa shape index (κ1) is 11.3. The number of ether oxygens (including phenoxy) is 1. The average molecular weight is 233 g/mol. The highest BCUT2D eigenvalue weighted by atomic mass is 16.5. The minimum atomic E-state index is -1.14. The van der Waals surface area contributed by atoms with Gasteiger partial charge < -0.3 is 10.1 Å². The third kappa shape index (κ3) is 1.91. The summed E-state index contributed by atoms with van der Waals surface area (Å²) in [6, 6.07) is 6.70. The summed E-state index contributed by atoms with van der Waals surface area (Å²) in [5.41, 5.74) is 0.964. The maximum Gasteiger partial charge on any atom is 0.321 e. The molecule has 1 heterocycles. The lowest BCUT2D eigenvalue weighted by atomic mass is 9.89. The number of hydrogen-bond acceptors (Lipinski definition) is 4. The van der Waals surface area contributed by atoms with Gasteiger partial charge in [0.2, 0.25) is 5.78 Å². The van der Waals surface area contributed by atoms with Crippen LogP contribution in [0.15, 0.2) is 24.3 Å². The number of amides is 1. The molecule has 0 saturated heterocycles. The number of rotatable bonds is 2. The number of para-hydroxylation sites is 1. The van der Waals surface area contributed by atoms with Gasteiger partial charge in [-0.25, -0.2) is 0 Å². The first-order chi connectivity index (χ1) is 8.15. The van der Waals surface area contributed by atoms with Gasteiger partial charge in [-0.1, -0.05) is 18.2 Å². The fourth-order valence-electron chi connectivity index (χ4n) is 1.78. The molecule has 1 aromatic rings. The van der Waals surface area contributed by atoms with Crippen molar-refractivity contribution in [2.45, 2.75) is 12.8 Å². The first-order valence-electron chi connectivity index (χ1n) is 5.26. The van der Waals surface area contributed by atoms with E-state index in [4.69, 9.17) is 4.74 Å². The van der Waals surface area contributed by atoms with E-state index in [2.05, 4.69) is 5.32 Å². The van der Waals surface area contributed by atoms with Gasteiger partial charge in [-0.05, 0) is 18.6 Å². The van der Waals surface area contributed by atoms with Crippen LogP contribution in [-0.4, -0.2) is 24.3 Å². The summed E-state index contributed by atoms with van der Waals surface area (Å²) < 4.78 is 4.82. The molecule has 17 heavy (non-hydrogen) atoms. The SMILES string of the molecule is CCOC(=O)[C@@H]1C(=O)C(=O)Nc2ccccc21. The predicted molar refractivity (Wildman–Crippen MR) is 59.5 cm³/mol. The Kier molecular flexibility index (Phi) is 2.91. The normalized spacial score (nSPS) is 18.3. The quantitative estimate of drug-likeness (QED) is 0.467. The number of esters is 1. The van der Waals surface area contributed by atoms with Crippen LogP contribution in [0, 0.1) is 0 Å². The van der Waals surface area contributed by atoms with Gasteiger partial charge in [-0.3, -0.25) is 14.4 Å². The molecule has 1 N–H and O–H groups in total. The third-order valence-corrected chi connectivity index (χ3v) is 2.53. The van der Waals surface area contributed by atoms with Crippen LogP contribution in [0.5, 0.6) is 0 Å². The highest BCUT2D eigenvalue weighted by Gasteiger charge is 2.39. The van der Waals surface area contributed by atoms with E-state index in [1.807, 2.05) is 0 Å². The Morgan fingerprint density at radius 1 is 1.35 bits per heavy atom. The molecule has 1 amide bonds. The van der Waals surface area contributed by atoms with Gasteiger partial charge >= 0.3 is 5.97 Å². The van der Waals surface area contributed by atoms with E-state index in [1.165, 1.54) is 0 Å². The Morgan fingerprint density at radius 2 is 2.06 bits per heavy atom. The lowest BCUT2D eigenvalue weighted by molar-refractivity contribution is -0.150. The largest absolute Gasteiger partial charge is 0.465 e. The molecule has 1 aliphatic rings. The maximum atomic E-state index is 11.7. The Morgan fingerprint density at radius 3 is 2.76 bits per heavy atom.